The van der Waals surface area contributed by atoms with Crippen molar-refractivity contribution in [2.75, 3.05) is 6.54 Å². The van der Waals surface area contributed by atoms with Gasteiger partial charge in [0.1, 0.15) is 5.76 Å². The number of aryl methyl sites for hydroxylation is 1. The highest BCUT2D eigenvalue weighted by atomic mass is 32.2. The predicted molar refractivity (Wildman–Crippen MR) is 102 cm³/mol. The Morgan fingerprint density at radius 2 is 1.89 bits per heavy atom. The number of hydrogen-bond acceptors (Lipinski definition) is 5. The number of carbonyl (C=O) groups excluding carboxylic acids is 2. The highest BCUT2D eigenvalue weighted by Crippen LogP contribution is 2.25. The highest BCUT2D eigenvalue weighted by Gasteiger charge is 2.31. The minimum absolute atomic E-state index is 0.0610. The molecule has 0 spiro atoms. The lowest BCUT2D eigenvalue weighted by Gasteiger charge is -2.32. The number of benzene rings is 1. The van der Waals surface area contributed by atoms with Gasteiger partial charge in [-0.05, 0) is 51.0 Å². The van der Waals surface area contributed by atoms with E-state index in [-0.39, 0.29) is 16.5 Å². The lowest BCUT2D eigenvalue weighted by molar-refractivity contribution is 0.0845. The molecule has 2 N–H and O–H groups in total. The van der Waals surface area contributed by atoms with Gasteiger partial charge in [0.25, 0.3) is 11.8 Å². The Morgan fingerprint density at radius 1 is 1.14 bits per heavy atom. The molecule has 28 heavy (non-hydrogen) atoms. The van der Waals surface area contributed by atoms with Crippen molar-refractivity contribution in [1.82, 2.24) is 15.2 Å². The van der Waals surface area contributed by atoms with Gasteiger partial charge in [0.05, 0.1) is 16.7 Å². The molecular weight excluding hydrogens is 382 g/mol. The standard InChI is InChI=1S/C19H23N3O5S/c1-13-6-3-4-10-22(13)28(25,26)16-8-5-7-15(12-16)18(23)20-21-19(24)17-9-11-27-14(17)2/h5,7-9,11-13H,3-4,6,10H2,1-2H3,(H,20,23)(H,21,24)/t13-/m1/s1. The summed E-state index contributed by atoms with van der Waals surface area (Å²) in [6.45, 7) is 3.99. The molecule has 0 unspecified atom stereocenters. The second kappa shape index (κ2) is 8.15. The van der Waals surface area contributed by atoms with Crippen molar-refractivity contribution < 1.29 is 22.4 Å². The van der Waals surface area contributed by atoms with Gasteiger partial charge in [-0.15, -0.1) is 0 Å². The smallest absolute Gasteiger partial charge is 0.273 e. The molecule has 2 heterocycles. The van der Waals surface area contributed by atoms with Gasteiger partial charge in [-0.3, -0.25) is 20.4 Å². The molecule has 2 aromatic rings. The van der Waals surface area contributed by atoms with Crippen molar-refractivity contribution in [1.29, 1.82) is 0 Å². The molecule has 0 radical (unpaired) electrons. The number of hydrogen-bond donors (Lipinski definition) is 2. The van der Waals surface area contributed by atoms with Crippen LogP contribution in [0.15, 0.2) is 45.9 Å². The third kappa shape index (κ3) is 4.10. The minimum atomic E-state index is -3.69. The average molecular weight is 405 g/mol. The fourth-order valence-electron chi connectivity index (χ4n) is 3.24. The summed E-state index contributed by atoms with van der Waals surface area (Å²) in [4.78, 5) is 24.5. The van der Waals surface area contributed by atoms with Gasteiger partial charge >= 0.3 is 0 Å². The summed E-state index contributed by atoms with van der Waals surface area (Å²) in [6, 6.07) is 7.21. The number of hydrazine groups is 1. The molecule has 3 rings (SSSR count). The van der Waals surface area contributed by atoms with Crippen molar-refractivity contribution in [3.8, 4) is 0 Å². The Balaban J connectivity index is 1.72. The summed E-state index contributed by atoms with van der Waals surface area (Å²) in [5.41, 5.74) is 5.02. The monoisotopic (exact) mass is 405 g/mol. The van der Waals surface area contributed by atoms with Crippen LogP contribution in [0.2, 0.25) is 0 Å². The molecular formula is C19H23N3O5S. The number of piperidine rings is 1. The van der Waals surface area contributed by atoms with E-state index in [0.29, 0.717) is 17.9 Å². The summed E-state index contributed by atoms with van der Waals surface area (Å²) in [5.74, 6) is -0.709. The topological polar surface area (TPSA) is 109 Å². The normalized spacial score (nSPS) is 17.9. The van der Waals surface area contributed by atoms with E-state index >= 15 is 0 Å². The molecule has 1 aliphatic heterocycles. The van der Waals surface area contributed by atoms with E-state index in [1.807, 2.05) is 6.92 Å². The van der Waals surface area contributed by atoms with Crippen LogP contribution in [0.5, 0.6) is 0 Å². The maximum atomic E-state index is 12.9. The summed E-state index contributed by atoms with van der Waals surface area (Å²) in [5, 5.41) is 0. The molecule has 1 atom stereocenters. The molecule has 1 saturated heterocycles. The Morgan fingerprint density at radius 3 is 2.57 bits per heavy atom. The lowest BCUT2D eigenvalue weighted by atomic mass is 10.1. The zero-order valence-electron chi connectivity index (χ0n) is 15.8. The van der Waals surface area contributed by atoms with Crippen LogP contribution in [0, 0.1) is 6.92 Å². The summed E-state index contributed by atoms with van der Waals surface area (Å²) in [6.07, 6.45) is 4.02. The number of amides is 2. The SMILES string of the molecule is Cc1occc1C(=O)NNC(=O)c1cccc(S(=O)(=O)N2CCCC[C@H]2C)c1. The lowest BCUT2D eigenvalue weighted by Crippen LogP contribution is -2.42. The number of nitrogens with one attached hydrogen (secondary N) is 2. The van der Waals surface area contributed by atoms with Gasteiger partial charge in [0.2, 0.25) is 10.0 Å². The largest absolute Gasteiger partial charge is 0.469 e. The van der Waals surface area contributed by atoms with Crippen molar-refractivity contribution in [3.05, 3.63) is 53.5 Å². The first-order valence-electron chi connectivity index (χ1n) is 9.07. The van der Waals surface area contributed by atoms with E-state index in [4.69, 9.17) is 4.42 Å². The Labute approximate surface area is 163 Å². The molecule has 1 fully saturated rings. The maximum Gasteiger partial charge on any atom is 0.273 e. The molecule has 1 aromatic carbocycles. The molecule has 2 amide bonds. The number of sulfonamides is 1. The van der Waals surface area contributed by atoms with Crippen LogP contribution in [0.3, 0.4) is 0 Å². The molecule has 1 aromatic heterocycles. The Bertz CT molecular complexity index is 983. The Kier molecular flexibility index (Phi) is 5.85. The van der Waals surface area contributed by atoms with Crippen LogP contribution in [-0.2, 0) is 10.0 Å². The minimum Gasteiger partial charge on any atom is -0.469 e. The Hall–Kier alpha value is -2.65. The molecule has 0 aliphatic carbocycles. The van der Waals surface area contributed by atoms with Crippen LogP contribution in [0.25, 0.3) is 0 Å². The van der Waals surface area contributed by atoms with Crippen LogP contribution >= 0.6 is 0 Å². The van der Waals surface area contributed by atoms with E-state index in [2.05, 4.69) is 10.9 Å². The first-order chi connectivity index (χ1) is 13.3. The van der Waals surface area contributed by atoms with E-state index in [1.54, 1.807) is 6.92 Å². The van der Waals surface area contributed by atoms with Crippen molar-refractivity contribution >= 4 is 21.8 Å². The van der Waals surface area contributed by atoms with Crippen molar-refractivity contribution in [2.24, 2.45) is 0 Å². The van der Waals surface area contributed by atoms with E-state index < -0.39 is 21.8 Å². The average Bonchev–Trinajstić information content (AvgIpc) is 3.12. The number of rotatable bonds is 4. The zero-order chi connectivity index (χ0) is 20.3. The zero-order valence-corrected chi connectivity index (χ0v) is 16.6. The van der Waals surface area contributed by atoms with Gasteiger partial charge in [0, 0.05) is 18.2 Å². The fraction of sp³-hybridized carbons (Fsp3) is 0.368. The fourth-order valence-corrected chi connectivity index (χ4v) is 4.98. The molecule has 8 nitrogen and oxygen atoms in total. The molecule has 0 saturated carbocycles. The van der Waals surface area contributed by atoms with E-state index in [9.17, 15) is 18.0 Å². The van der Waals surface area contributed by atoms with E-state index in [0.717, 1.165) is 19.3 Å². The second-order valence-corrected chi connectivity index (χ2v) is 8.68. The van der Waals surface area contributed by atoms with Gasteiger partial charge in [-0.1, -0.05) is 12.5 Å². The van der Waals surface area contributed by atoms with Crippen LogP contribution < -0.4 is 10.9 Å². The molecule has 0 bridgehead atoms. The molecule has 9 heteroatoms. The van der Waals surface area contributed by atoms with Crippen molar-refractivity contribution in [3.63, 3.8) is 0 Å². The first-order valence-corrected chi connectivity index (χ1v) is 10.5. The van der Waals surface area contributed by atoms with Crippen LogP contribution in [0.1, 0.15) is 52.7 Å². The summed E-state index contributed by atoms with van der Waals surface area (Å²) >= 11 is 0. The predicted octanol–water partition coefficient (Wildman–Crippen LogP) is 2.23. The van der Waals surface area contributed by atoms with Crippen molar-refractivity contribution in [2.45, 2.75) is 44.0 Å². The van der Waals surface area contributed by atoms with Gasteiger partial charge in [-0.25, -0.2) is 8.42 Å². The second-order valence-electron chi connectivity index (χ2n) is 6.79. The summed E-state index contributed by atoms with van der Waals surface area (Å²) in [7, 11) is -3.69. The number of carbonyl (C=O) groups is 2. The van der Waals surface area contributed by atoms with Crippen LogP contribution in [-0.4, -0.2) is 37.1 Å². The molecule has 1 aliphatic rings. The van der Waals surface area contributed by atoms with Gasteiger partial charge in [0.15, 0.2) is 0 Å². The van der Waals surface area contributed by atoms with E-state index in [1.165, 1.54) is 40.9 Å². The summed E-state index contributed by atoms with van der Waals surface area (Å²) < 4.78 is 32.4. The van der Waals surface area contributed by atoms with Gasteiger partial charge in [-0.2, -0.15) is 4.31 Å². The molecule has 150 valence electrons. The highest BCUT2D eigenvalue weighted by molar-refractivity contribution is 7.89. The quantitative estimate of drug-likeness (QED) is 0.758. The third-order valence-electron chi connectivity index (χ3n) is 4.84. The number of nitrogens with zero attached hydrogens (tertiary/aromatic N) is 1. The third-order valence-corrected chi connectivity index (χ3v) is 6.85. The maximum absolute atomic E-state index is 12.9. The van der Waals surface area contributed by atoms with Crippen LogP contribution in [0.4, 0.5) is 0 Å². The number of furan rings is 1. The van der Waals surface area contributed by atoms with Gasteiger partial charge < -0.3 is 4.42 Å². The first kappa shape index (κ1) is 20.1.